The van der Waals surface area contributed by atoms with Crippen LogP contribution in [0.1, 0.15) is 48.6 Å². The predicted octanol–water partition coefficient (Wildman–Crippen LogP) is 5.03. The summed E-state index contributed by atoms with van der Waals surface area (Å²) in [5, 5.41) is 6.76. The van der Waals surface area contributed by atoms with Crippen LogP contribution in [0.4, 0.5) is 0 Å². The Labute approximate surface area is 312 Å². The highest BCUT2D eigenvalue weighted by Crippen LogP contribution is 2.48. The number of nitrogens with zero attached hydrogens (tertiary/aromatic N) is 3. The number of halogens is 1. The van der Waals surface area contributed by atoms with Gasteiger partial charge in [-0.2, -0.15) is 5.10 Å². The largest absolute Gasteiger partial charge is 0.497 e. The Kier molecular flexibility index (Phi) is 13.3. The van der Waals surface area contributed by atoms with E-state index in [1.165, 1.54) is 18.7 Å². The van der Waals surface area contributed by atoms with Crippen molar-refractivity contribution in [3.8, 4) is 11.5 Å². The summed E-state index contributed by atoms with van der Waals surface area (Å²) in [5.41, 5.74) is 6.50. The Morgan fingerprint density at radius 3 is 2.44 bits per heavy atom. The van der Waals surface area contributed by atoms with Gasteiger partial charge in [0.2, 0.25) is 5.91 Å². The van der Waals surface area contributed by atoms with Gasteiger partial charge < -0.3 is 29.3 Å². The molecule has 2 aliphatic heterocycles. The summed E-state index contributed by atoms with van der Waals surface area (Å²) in [6, 6.07) is 22.4. The van der Waals surface area contributed by atoms with Crippen molar-refractivity contribution in [1.82, 2.24) is 20.5 Å². The van der Waals surface area contributed by atoms with Crippen LogP contribution in [0, 0.1) is 0 Å². The fraction of sp³-hybridized carbons (Fsp3) is 0.342. The van der Waals surface area contributed by atoms with Gasteiger partial charge in [0.1, 0.15) is 11.5 Å². The predicted molar refractivity (Wildman–Crippen MR) is 201 cm³/mol. The van der Waals surface area contributed by atoms with Crippen LogP contribution in [-0.4, -0.2) is 92.2 Å². The topological polar surface area (TPSA) is 139 Å². The van der Waals surface area contributed by atoms with Gasteiger partial charge in [0, 0.05) is 56.5 Å². The van der Waals surface area contributed by atoms with Gasteiger partial charge in [-0.15, -0.1) is 11.8 Å². The second kappa shape index (κ2) is 18.1. The fourth-order valence-electron chi connectivity index (χ4n) is 5.76. The standard InChI is InChI=1S/C38H42ClN5O7S/c1-24-36(26-8-6-5-7-9-26)52-37(27-10-13-29(49-4)14-11-27)35(51-25(2)45)38(48)44(24)21-20-43(3)19-18-40-34(47)23-50-32-16-12-28(22-30(32)39)31-15-17-33(46)42-41-31/h5-14,16,22,35,37H,15,17-21,23H2,1-4H3,(H,40,47)(H,42,46)/t35-,37+/m1/s1. The van der Waals surface area contributed by atoms with Crippen molar-refractivity contribution in [2.45, 2.75) is 38.0 Å². The van der Waals surface area contributed by atoms with Gasteiger partial charge >= 0.3 is 5.97 Å². The Hall–Kier alpha value is -4.85. The maximum Gasteiger partial charge on any atom is 0.303 e. The number of likely N-dealkylation sites (N-methyl/N-ethyl adjacent to an activating group) is 1. The third kappa shape index (κ3) is 9.93. The second-order valence-electron chi connectivity index (χ2n) is 12.3. The van der Waals surface area contributed by atoms with Crippen LogP contribution >= 0.6 is 23.4 Å². The Morgan fingerprint density at radius 2 is 1.79 bits per heavy atom. The van der Waals surface area contributed by atoms with Gasteiger partial charge in [0.25, 0.3) is 11.8 Å². The van der Waals surface area contributed by atoms with E-state index in [9.17, 15) is 19.2 Å². The van der Waals surface area contributed by atoms with Gasteiger partial charge in [-0.05, 0) is 61.0 Å². The number of nitrogens with one attached hydrogen (secondary N) is 2. The van der Waals surface area contributed by atoms with Crippen molar-refractivity contribution in [1.29, 1.82) is 0 Å². The van der Waals surface area contributed by atoms with Crippen molar-refractivity contribution >= 4 is 57.7 Å². The highest BCUT2D eigenvalue weighted by atomic mass is 35.5. The summed E-state index contributed by atoms with van der Waals surface area (Å²) < 4.78 is 16.8. The first-order valence-electron chi connectivity index (χ1n) is 16.8. The molecule has 0 fully saturated rings. The van der Waals surface area contributed by atoms with Gasteiger partial charge in [-0.1, -0.05) is 54.1 Å². The molecule has 2 heterocycles. The third-order valence-corrected chi connectivity index (χ3v) is 10.4. The number of carbonyl (C=O) groups excluding carboxylic acids is 4. The van der Waals surface area contributed by atoms with E-state index in [0.29, 0.717) is 55.5 Å². The second-order valence-corrected chi connectivity index (χ2v) is 13.9. The molecule has 0 aliphatic carbocycles. The molecular formula is C38H42ClN5O7S. The molecule has 0 unspecified atom stereocenters. The average molecular weight is 748 g/mol. The number of ether oxygens (including phenoxy) is 3. The minimum atomic E-state index is -1.06. The van der Waals surface area contributed by atoms with Crippen molar-refractivity contribution in [2.75, 3.05) is 46.9 Å². The van der Waals surface area contributed by atoms with Crippen LogP contribution < -0.4 is 20.2 Å². The maximum absolute atomic E-state index is 14.3. The molecule has 2 aliphatic rings. The lowest BCUT2D eigenvalue weighted by molar-refractivity contribution is -0.157. The molecule has 3 aromatic carbocycles. The molecule has 12 nitrogen and oxygen atoms in total. The highest BCUT2D eigenvalue weighted by Gasteiger charge is 2.41. The minimum Gasteiger partial charge on any atom is -0.497 e. The zero-order chi connectivity index (χ0) is 37.2. The molecule has 0 bridgehead atoms. The molecule has 0 aromatic heterocycles. The zero-order valence-corrected chi connectivity index (χ0v) is 31.1. The number of amides is 3. The quantitative estimate of drug-likeness (QED) is 0.218. The van der Waals surface area contributed by atoms with Crippen LogP contribution in [0.3, 0.4) is 0 Å². The summed E-state index contributed by atoms with van der Waals surface area (Å²) in [6.07, 6.45) is -0.198. The van der Waals surface area contributed by atoms with Crippen molar-refractivity contribution in [3.63, 3.8) is 0 Å². The summed E-state index contributed by atoms with van der Waals surface area (Å²) in [6.45, 7) is 4.67. The van der Waals surface area contributed by atoms with E-state index in [-0.39, 0.29) is 24.3 Å². The zero-order valence-electron chi connectivity index (χ0n) is 29.5. The fourth-order valence-corrected chi connectivity index (χ4v) is 7.39. The highest BCUT2D eigenvalue weighted by molar-refractivity contribution is 8.08. The number of esters is 1. The maximum atomic E-state index is 14.3. The minimum absolute atomic E-state index is 0.128. The number of methoxy groups -OCH3 is 1. The monoisotopic (exact) mass is 747 g/mol. The number of rotatable bonds is 14. The van der Waals surface area contributed by atoms with E-state index in [1.807, 2.05) is 73.5 Å². The number of thioether (sulfide) groups is 1. The number of benzene rings is 3. The average Bonchev–Trinajstić information content (AvgIpc) is 3.24. The van der Waals surface area contributed by atoms with Crippen LogP contribution in [-0.2, 0) is 23.9 Å². The lowest BCUT2D eigenvalue weighted by atomic mass is 10.0. The molecule has 0 spiro atoms. The number of hydrogen-bond acceptors (Lipinski definition) is 10. The van der Waals surface area contributed by atoms with Gasteiger partial charge in [0.15, 0.2) is 12.7 Å². The third-order valence-electron chi connectivity index (χ3n) is 8.59. The van der Waals surface area contributed by atoms with E-state index in [2.05, 4.69) is 15.8 Å². The van der Waals surface area contributed by atoms with Gasteiger partial charge in [-0.3, -0.25) is 19.2 Å². The first kappa shape index (κ1) is 38.4. The molecule has 0 radical (unpaired) electrons. The molecule has 2 N–H and O–H groups in total. The SMILES string of the molecule is COc1ccc([C@@H]2SC(c3ccccc3)=C(C)N(CCN(C)CCNC(=O)COc3ccc(C4=NNC(=O)CC4)cc3Cl)C(=O)[C@@H]2OC(C)=O)cc1. The smallest absolute Gasteiger partial charge is 0.303 e. The molecular weight excluding hydrogens is 706 g/mol. The van der Waals surface area contributed by atoms with Crippen molar-refractivity contribution in [2.24, 2.45) is 5.10 Å². The van der Waals surface area contributed by atoms with Crippen LogP contribution in [0.5, 0.6) is 11.5 Å². The number of allylic oxidation sites excluding steroid dienone is 1. The number of hydrogen-bond donors (Lipinski definition) is 2. The summed E-state index contributed by atoms with van der Waals surface area (Å²) in [5.74, 6) is -0.251. The Balaban J connectivity index is 1.20. The number of carbonyl (C=O) groups is 4. The van der Waals surface area contributed by atoms with E-state index >= 15 is 0 Å². The van der Waals surface area contributed by atoms with E-state index < -0.39 is 17.3 Å². The van der Waals surface area contributed by atoms with E-state index in [1.54, 1.807) is 30.2 Å². The van der Waals surface area contributed by atoms with Crippen LogP contribution in [0.25, 0.3) is 4.91 Å². The van der Waals surface area contributed by atoms with Gasteiger partial charge in [0.05, 0.1) is 23.1 Å². The van der Waals surface area contributed by atoms with E-state index in [4.69, 9.17) is 25.8 Å². The molecule has 14 heteroatoms. The Morgan fingerprint density at radius 1 is 1.04 bits per heavy atom. The molecule has 0 saturated heterocycles. The Bertz CT molecular complexity index is 1840. The first-order chi connectivity index (χ1) is 25.0. The normalized spacial score (nSPS) is 17.7. The van der Waals surface area contributed by atoms with Crippen molar-refractivity contribution < 1.29 is 33.4 Å². The summed E-state index contributed by atoms with van der Waals surface area (Å²) >= 11 is 7.90. The molecule has 2 atom stereocenters. The summed E-state index contributed by atoms with van der Waals surface area (Å²) in [4.78, 5) is 55.2. The number of hydrazone groups is 1. The van der Waals surface area contributed by atoms with Gasteiger partial charge in [-0.25, -0.2) is 5.43 Å². The molecule has 0 saturated carbocycles. The van der Waals surface area contributed by atoms with E-state index in [0.717, 1.165) is 33.0 Å². The lowest BCUT2D eigenvalue weighted by Crippen LogP contribution is -2.45. The molecule has 274 valence electrons. The molecule has 3 aromatic rings. The van der Waals surface area contributed by atoms with Crippen LogP contribution in [0.15, 0.2) is 83.6 Å². The van der Waals surface area contributed by atoms with Crippen molar-refractivity contribution in [3.05, 3.63) is 100 Å². The molecule has 3 amide bonds. The first-order valence-corrected chi connectivity index (χ1v) is 18.1. The molecule has 5 rings (SSSR count). The molecule has 52 heavy (non-hydrogen) atoms. The lowest BCUT2D eigenvalue weighted by Gasteiger charge is -2.29. The summed E-state index contributed by atoms with van der Waals surface area (Å²) in [7, 11) is 3.50. The van der Waals surface area contributed by atoms with Crippen LogP contribution in [0.2, 0.25) is 5.02 Å².